The van der Waals surface area contributed by atoms with Crippen LogP contribution in [0.25, 0.3) is 0 Å². The van der Waals surface area contributed by atoms with Crippen molar-refractivity contribution >= 4 is 17.4 Å². The Bertz CT molecular complexity index is 650. The lowest BCUT2D eigenvalue weighted by molar-refractivity contribution is 0.103. The van der Waals surface area contributed by atoms with E-state index in [2.05, 4.69) is 0 Å². The number of ketones is 1. The van der Waals surface area contributed by atoms with Gasteiger partial charge < -0.3 is 9.47 Å². The summed E-state index contributed by atoms with van der Waals surface area (Å²) in [6, 6.07) is 10.3. The maximum absolute atomic E-state index is 12.6. The van der Waals surface area contributed by atoms with Crippen molar-refractivity contribution in [1.82, 2.24) is 0 Å². The van der Waals surface area contributed by atoms with Gasteiger partial charge in [0.15, 0.2) is 5.78 Å². The minimum absolute atomic E-state index is 0.150. The van der Waals surface area contributed by atoms with E-state index in [1.54, 1.807) is 37.4 Å². The summed E-state index contributed by atoms with van der Waals surface area (Å²) in [4.78, 5) is 12.6. The average molecular weight is 291 g/mol. The molecular formula is C16H15ClO3. The number of hydrogen-bond donors (Lipinski definition) is 0. The van der Waals surface area contributed by atoms with Crippen molar-refractivity contribution in [3.05, 3.63) is 58.1 Å². The molecule has 0 N–H and O–H groups in total. The van der Waals surface area contributed by atoms with Crippen LogP contribution >= 0.6 is 11.6 Å². The van der Waals surface area contributed by atoms with Gasteiger partial charge in [-0.05, 0) is 36.8 Å². The van der Waals surface area contributed by atoms with E-state index >= 15 is 0 Å². The number of carbonyl (C=O) groups is 1. The van der Waals surface area contributed by atoms with Crippen molar-refractivity contribution in [2.75, 3.05) is 14.2 Å². The second-order valence-corrected chi connectivity index (χ2v) is 4.79. The van der Waals surface area contributed by atoms with E-state index < -0.39 is 0 Å². The van der Waals surface area contributed by atoms with Crippen LogP contribution in [0.15, 0.2) is 36.4 Å². The summed E-state index contributed by atoms with van der Waals surface area (Å²) in [6.45, 7) is 1.92. The first kappa shape index (κ1) is 14.4. The van der Waals surface area contributed by atoms with Gasteiger partial charge in [0.05, 0.1) is 19.8 Å². The normalized spacial score (nSPS) is 10.2. The van der Waals surface area contributed by atoms with Crippen LogP contribution < -0.4 is 9.47 Å². The highest BCUT2D eigenvalue weighted by atomic mass is 35.5. The molecule has 0 aliphatic heterocycles. The molecule has 2 aromatic rings. The molecule has 20 heavy (non-hydrogen) atoms. The minimum Gasteiger partial charge on any atom is -0.496 e. The van der Waals surface area contributed by atoms with Crippen LogP contribution in [0.1, 0.15) is 21.5 Å². The maximum atomic E-state index is 12.6. The van der Waals surface area contributed by atoms with E-state index in [0.717, 1.165) is 5.56 Å². The standard InChI is InChI=1S/C16H15ClO3/c1-10-4-5-11(8-15(10)20-3)16(18)13-9-12(17)6-7-14(13)19-2/h4-9H,1-3H3. The molecule has 0 fully saturated rings. The third kappa shape index (κ3) is 2.78. The highest BCUT2D eigenvalue weighted by Crippen LogP contribution is 2.27. The monoisotopic (exact) mass is 290 g/mol. The first-order valence-corrected chi connectivity index (χ1v) is 6.47. The summed E-state index contributed by atoms with van der Waals surface area (Å²) in [7, 11) is 3.10. The van der Waals surface area contributed by atoms with E-state index in [9.17, 15) is 4.79 Å². The quantitative estimate of drug-likeness (QED) is 0.801. The average Bonchev–Trinajstić information content (AvgIpc) is 2.47. The molecule has 0 aliphatic rings. The van der Waals surface area contributed by atoms with Crippen LogP contribution in [0.2, 0.25) is 5.02 Å². The van der Waals surface area contributed by atoms with Crippen LogP contribution in [0.4, 0.5) is 0 Å². The fraction of sp³-hybridized carbons (Fsp3) is 0.188. The highest BCUT2D eigenvalue weighted by Gasteiger charge is 2.16. The predicted octanol–water partition coefficient (Wildman–Crippen LogP) is 3.90. The fourth-order valence-corrected chi connectivity index (χ4v) is 2.15. The van der Waals surface area contributed by atoms with Crippen LogP contribution in [-0.4, -0.2) is 20.0 Å². The predicted molar refractivity (Wildman–Crippen MR) is 79.2 cm³/mol. The number of hydrogen-bond acceptors (Lipinski definition) is 3. The molecular weight excluding hydrogens is 276 g/mol. The largest absolute Gasteiger partial charge is 0.496 e. The van der Waals surface area contributed by atoms with Crippen molar-refractivity contribution in [2.45, 2.75) is 6.92 Å². The summed E-state index contributed by atoms with van der Waals surface area (Å²) in [5.41, 5.74) is 1.95. The Labute approximate surface area is 123 Å². The van der Waals surface area contributed by atoms with Gasteiger partial charge >= 0.3 is 0 Å². The van der Waals surface area contributed by atoms with Gasteiger partial charge in [0.25, 0.3) is 0 Å². The second-order valence-electron chi connectivity index (χ2n) is 4.36. The Morgan fingerprint density at radius 1 is 1.00 bits per heavy atom. The Morgan fingerprint density at radius 3 is 2.35 bits per heavy atom. The van der Waals surface area contributed by atoms with E-state index in [-0.39, 0.29) is 5.78 Å². The molecule has 0 radical (unpaired) electrons. The SMILES string of the molecule is COc1cc(C(=O)c2cc(Cl)ccc2OC)ccc1C. The number of benzene rings is 2. The van der Waals surface area contributed by atoms with Gasteiger partial charge in [-0.2, -0.15) is 0 Å². The number of carbonyl (C=O) groups excluding carboxylic acids is 1. The second kappa shape index (κ2) is 5.97. The molecule has 0 heterocycles. The smallest absolute Gasteiger partial charge is 0.196 e. The zero-order chi connectivity index (χ0) is 14.7. The van der Waals surface area contributed by atoms with Crippen molar-refractivity contribution < 1.29 is 14.3 Å². The molecule has 0 amide bonds. The number of rotatable bonds is 4. The number of ether oxygens (including phenoxy) is 2. The zero-order valence-electron chi connectivity index (χ0n) is 11.6. The van der Waals surface area contributed by atoms with Crippen LogP contribution in [0.3, 0.4) is 0 Å². The number of halogens is 1. The van der Waals surface area contributed by atoms with E-state index in [4.69, 9.17) is 21.1 Å². The summed E-state index contributed by atoms with van der Waals surface area (Å²) in [5.74, 6) is 1.03. The topological polar surface area (TPSA) is 35.5 Å². The fourth-order valence-electron chi connectivity index (χ4n) is 1.97. The lowest BCUT2D eigenvalue weighted by Gasteiger charge is -2.10. The third-order valence-corrected chi connectivity index (χ3v) is 3.31. The number of aryl methyl sites for hydroxylation is 1. The van der Waals surface area contributed by atoms with Gasteiger partial charge in [-0.15, -0.1) is 0 Å². The molecule has 2 rings (SSSR count). The maximum Gasteiger partial charge on any atom is 0.196 e. The Kier molecular flexibility index (Phi) is 4.30. The molecule has 0 spiro atoms. The number of methoxy groups -OCH3 is 2. The minimum atomic E-state index is -0.150. The van der Waals surface area contributed by atoms with Crippen molar-refractivity contribution in [2.24, 2.45) is 0 Å². The lowest BCUT2D eigenvalue weighted by Crippen LogP contribution is -2.04. The molecule has 0 saturated carbocycles. The summed E-state index contributed by atoms with van der Waals surface area (Å²) < 4.78 is 10.5. The first-order valence-electron chi connectivity index (χ1n) is 6.09. The van der Waals surface area contributed by atoms with Crippen LogP contribution in [-0.2, 0) is 0 Å². The molecule has 0 bridgehead atoms. The van der Waals surface area contributed by atoms with Crippen molar-refractivity contribution in [3.8, 4) is 11.5 Å². The Balaban J connectivity index is 2.48. The third-order valence-electron chi connectivity index (χ3n) is 3.08. The Morgan fingerprint density at radius 2 is 1.70 bits per heavy atom. The zero-order valence-corrected chi connectivity index (χ0v) is 12.3. The molecule has 0 atom stereocenters. The lowest BCUT2D eigenvalue weighted by atomic mass is 10.0. The molecule has 104 valence electrons. The molecule has 3 nitrogen and oxygen atoms in total. The van der Waals surface area contributed by atoms with Gasteiger partial charge in [-0.25, -0.2) is 0 Å². The molecule has 0 aliphatic carbocycles. The highest BCUT2D eigenvalue weighted by molar-refractivity contribution is 6.31. The molecule has 2 aromatic carbocycles. The Hall–Kier alpha value is -2.00. The molecule has 4 heteroatoms. The molecule has 0 aromatic heterocycles. The summed E-state index contributed by atoms with van der Waals surface area (Å²) in [6.07, 6.45) is 0. The van der Waals surface area contributed by atoms with Gasteiger partial charge in [-0.1, -0.05) is 23.7 Å². The van der Waals surface area contributed by atoms with Gasteiger partial charge in [0.1, 0.15) is 11.5 Å². The van der Waals surface area contributed by atoms with Crippen molar-refractivity contribution in [3.63, 3.8) is 0 Å². The summed E-state index contributed by atoms with van der Waals surface area (Å²) in [5, 5.41) is 0.494. The van der Waals surface area contributed by atoms with Crippen LogP contribution in [0, 0.1) is 6.92 Å². The van der Waals surface area contributed by atoms with Crippen LogP contribution in [0.5, 0.6) is 11.5 Å². The van der Waals surface area contributed by atoms with Gasteiger partial charge in [0.2, 0.25) is 0 Å². The van der Waals surface area contributed by atoms with E-state index in [0.29, 0.717) is 27.6 Å². The molecule has 0 saturated heterocycles. The first-order chi connectivity index (χ1) is 9.56. The summed E-state index contributed by atoms with van der Waals surface area (Å²) >= 11 is 5.96. The van der Waals surface area contributed by atoms with E-state index in [1.807, 2.05) is 13.0 Å². The van der Waals surface area contributed by atoms with Crippen molar-refractivity contribution in [1.29, 1.82) is 0 Å². The van der Waals surface area contributed by atoms with E-state index in [1.165, 1.54) is 7.11 Å². The van der Waals surface area contributed by atoms with Gasteiger partial charge in [0, 0.05) is 10.6 Å². The molecule has 0 unspecified atom stereocenters. The van der Waals surface area contributed by atoms with Gasteiger partial charge in [-0.3, -0.25) is 4.79 Å².